The Morgan fingerprint density at radius 2 is 2.07 bits per heavy atom. The van der Waals surface area contributed by atoms with Gasteiger partial charge in [-0.3, -0.25) is 4.79 Å². The van der Waals surface area contributed by atoms with Crippen molar-refractivity contribution < 1.29 is 67.4 Å². The molecule has 132 valence electrons. The Labute approximate surface area is 199 Å². The topological polar surface area (TPSA) is 81.4 Å². The molecule has 0 fully saturated rings. The molecular formula is C20H17KN2O4. The van der Waals surface area contributed by atoms with Crippen LogP contribution in [0.1, 0.15) is 31.5 Å². The van der Waals surface area contributed by atoms with Crippen LogP contribution in [0, 0.1) is 0 Å². The molecule has 2 aliphatic rings. The summed E-state index contributed by atoms with van der Waals surface area (Å²) < 4.78 is 6.72. The van der Waals surface area contributed by atoms with E-state index in [1.54, 1.807) is 17.6 Å². The first kappa shape index (κ1) is 19.0. The van der Waals surface area contributed by atoms with Gasteiger partial charge in [0, 0.05) is 16.5 Å². The summed E-state index contributed by atoms with van der Waals surface area (Å²) in [4.78, 5) is 29.9. The molecule has 5 rings (SSSR count). The van der Waals surface area contributed by atoms with E-state index in [0.29, 0.717) is 23.4 Å². The summed E-state index contributed by atoms with van der Waals surface area (Å²) in [6.45, 7) is 2.01. The Bertz CT molecular complexity index is 1180. The number of carbonyl (C=O) groups is 1. The Hall–Kier alpha value is -1.35. The van der Waals surface area contributed by atoms with Crippen LogP contribution in [-0.2, 0) is 28.3 Å². The monoisotopic (exact) mass is 388 g/mol. The van der Waals surface area contributed by atoms with Crippen molar-refractivity contribution in [3.8, 4) is 11.4 Å². The maximum absolute atomic E-state index is 13.0. The second kappa shape index (κ2) is 6.61. The van der Waals surface area contributed by atoms with Crippen molar-refractivity contribution >= 4 is 16.9 Å². The van der Waals surface area contributed by atoms with Gasteiger partial charge in [0.2, 0.25) is 0 Å². The van der Waals surface area contributed by atoms with Crippen LogP contribution in [0.25, 0.3) is 22.3 Å². The molecule has 2 aromatic heterocycles. The molecule has 6 nitrogen and oxygen atoms in total. The van der Waals surface area contributed by atoms with E-state index in [2.05, 4.69) is 0 Å². The van der Waals surface area contributed by atoms with Gasteiger partial charge in [-0.25, -0.2) is 9.78 Å². The number of aliphatic hydroxyl groups is 1. The molecule has 27 heavy (non-hydrogen) atoms. The summed E-state index contributed by atoms with van der Waals surface area (Å²) in [5.41, 5.74) is 1.81. The molecule has 4 heterocycles. The number of nitrogens with zero attached hydrogens (tertiary/aromatic N) is 2. The number of ether oxygens (including phenoxy) is 1. The Morgan fingerprint density at radius 1 is 1.30 bits per heavy atom. The minimum absolute atomic E-state index is 0. The van der Waals surface area contributed by atoms with Gasteiger partial charge >= 0.3 is 57.4 Å². The minimum atomic E-state index is -1.79. The quantitative estimate of drug-likeness (QED) is 0.341. The molecule has 7 heteroatoms. The average molecular weight is 388 g/mol. The predicted octanol–water partition coefficient (Wildman–Crippen LogP) is -0.804. The molecule has 1 aromatic carbocycles. The zero-order valence-electron chi connectivity index (χ0n) is 16.2. The van der Waals surface area contributed by atoms with Crippen molar-refractivity contribution in [3.05, 3.63) is 63.4 Å². The van der Waals surface area contributed by atoms with Crippen molar-refractivity contribution in [2.75, 3.05) is 0 Å². The second-order valence-corrected chi connectivity index (χ2v) is 6.79. The minimum Gasteiger partial charge on any atom is -1.00 e. The zero-order valence-corrected chi connectivity index (χ0v) is 18.3. The summed E-state index contributed by atoms with van der Waals surface area (Å²) in [5.74, 6) is -0.707. The number of carbonyl (C=O) groups excluding carboxylic acids is 1. The molecule has 3 aromatic rings. The first-order valence-corrected chi connectivity index (χ1v) is 8.59. The summed E-state index contributed by atoms with van der Waals surface area (Å²) in [6.07, 6.45) is 0.139. The Morgan fingerprint density at radius 3 is 2.85 bits per heavy atom. The van der Waals surface area contributed by atoms with E-state index < -0.39 is 11.6 Å². The number of benzene rings is 1. The van der Waals surface area contributed by atoms with Crippen LogP contribution in [0.5, 0.6) is 0 Å². The van der Waals surface area contributed by atoms with Crippen LogP contribution >= 0.6 is 0 Å². The van der Waals surface area contributed by atoms with Crippen molar-refractivity contribution in [1.82, 2.24) is 9.55 Å². The molecule has 1 N–H and O–H groups in total. The molecule has 0 aliphatic carbocycles. The number of hydrogen-bond donors (Lipinski definition) is 1. The van der Waals surface area contributed by atoms with Crippen molar-refractivity contribution in [2.45, 2.75) is 32.1 Å². The van der Waals surface area contributed by atoms with Crippen molar-refractivity contribution in [3.63, 3.8) is 0 Å². The number of pyridine rings is 2. The molecule has 1 atom stereocenters. The standard InChI is InChI=1S/C20H16N2O4.K.H/c1-2-20(25)14-8-16-17-12(7-11-5-3-4-6-15(11)21-17)9-22(16)18(23)13(14)10-26-19(20)24;;/h3-8,25H,2,9-10H2,1H3;;/q;+1;-1/t20-;;/m0../s1. The number of esters is 1. The number of cyclic esters (lactones) is 1. The number of para-hydroxylation sites is 1. The molecule has 0 spiro atoms. The number of rotatable bonds is 1. The van der Waals surface area contributed by atoms with Crippen molar-refractivity contribution in [1.29, 1.82) is 0 Å². The summed E-state index contributed by atoms with van der Waals surface area (Å²) in [7, 11) is 0. The second-order valence-electron chi connectivity index (χ2n) is 6.79. The molecule has 0 amide bonds. The molecular weight excluding hydrogens is 371 g/mol. The van der Waals surface area contributed by atoms with Crippen LogP contribution < -0.4 is 56.9 Å². The number of fused-ring (bicyclic) bond motifs is 5. The SMILES string of the molecule is CC[C@@]1(O)C(=O)OCc2c1cc1n(c2=O)Cc2cc3ccccc3nc2-1.[H-].[K+]. The van der Waals surface area contributed by atoms with Crippen LogP contribution in [0.15, 0.2) is 41.2 Å². The fourth-order valence-corrected chi connectivity index (χ4v) is 3.93. The van der Waals surface area contributed by atoms with Crippen LogP contribution in [0.2, 0.25) is 0 Å². The van der Waals surface area contributed by atoms with Gasteiger partial charge in [0.25, 0.3) is 5.56 Å². The third-order valence-electron chi connectivity index (χ3n) is 5.42. The van der Waals surface area contributed by atoms with Gasteiger partial charge < -0.3 is 15.8 Å². The van der Waals surface area contributed by atoms with E-state index in [4.69, 9.17) is 9.72 Å². The van der Waals surface area contributed by atoms with Crippen LogP contribution in [-0.4, -0.2) is 20.6 Å². The van der Waals surface area contributed by atoms with Crippen molar-refractivity contribution in [2.24, 2.45) is 0 Å². The van der Waals surface area contributed by atoms with Crippen LogP contribution in [0.4, 0.5) is 0 Å². The van der Waals surface area contributed by atoms with E-state index >= 15 is 0 Å². The Kier molecular flexibility index (Phi) is 4.65. The van der Waals surface area contributed by atoms with Crippen LogP contribution in [0.3, 0.4) is 0 Å². The number of aromatic nitrogens is 2. The first-order valence-electron chi connectivity index (χ1n) is 8.59. The largest absolute Gasteiger partial charge is 1.00 e. The van der Waals surface area contributed by atoms with E-state index in [-0.39, 0.29) is 71.4 Å². The summed E-state index contributed by atoms with van der Waals surface area (Å²) in [6, 6.07) is 11.6. The molecule has 0 radical (unpaired) electrons. The first-order chi connectivity index (χ1) is 12.5. The molecule has 0 saturated carbocycles. The maximum atomic E-state index is 13.0. The Balaban J connectivity index is 0.00000112. The number of hydrogen-bond acceptors (Lipinski definition) is 5. The van der Waals surface area contributed by atoms with E-state index in [1.165, 1.54) is 0 Å². The van der Waals surface area contributed by atoms with Gasteiger partial charge in [0.15, 0.2) is 5.60 Å². The molecule has 0 bridgehead atoms. The molecule has 0 unspecified atom stereocenters. The molecule has 2 aliphatic heterocycles. The van der Waals surface area contributed by atoms with E-state index in [1.807, 2.05) is 30.3 Å². The van der Waals surface area contributed by atoms with E-state index in [0.717, 1.165) is 22.2 Å². The molecule has 0 saturated heterocycles. The zero-order chi connectivity index (χ0) is 18.1. The summed E-state index contributed by atoms with van der Waals surface area (Å²) >= 11 is 0. The van der Waals surface area contributed by atoms with Gasteiger partial charge in [-0.15, -0.1) is 0 Å². The fraction of sp³-hybridized carbons (Fsp3) is 0.250. The van der Waals surface area contributed by atoms with Gasteiger partial charge in [-0.2, -0.15) is 0 Å². The third kappa shape index (κ3) is 2.61. The van der Waals surface area contributed by atoms with Gasteiger partial charge in [-0.05, 0) is 24.6 Å². The predicted molar refractivity (Wildman–Crippen MR) is 95.6 cm³/mol. The average Bonchev–Trinajstić information content (AvgIpc) is 3.01. The normalized spacial score (nSPS) is 19.7. The summed E-state index contributed by atoms with van der Waals surface area (Å²) in [5, 5.41) is 11.8. The van der Waals surface area contributed by atoms with Gasteiger partial charge in [0.05, 0.1) is 29.0 Å². The van der Waals surface area contributed by atoms with Gasteiger partial charge in [0.1, 0.15) is 6.61 Å². The fourth-order valence-electron chi connectivity index (χ4n) is 3.93. The van der Waals surface area contributed by atoms with Gasteiger partial charge in [-0.1, -0.05) is 25.1 Å². The maximum Gasteiger partial charge on any atom is 1.00 e. The smallest absolute Gasteiger partial charge is 1.00 e. The third-order valence-corrected chi connectivity index (χ3v) is 5.42. The van der Waals surface area contributed by atoms with E-state index in [9.17, 15) is 14.7 Å².